The number of thiophene rings is 1. The third-order valence-corrected chi connectivity index (χ3v) is 3.99. The molecule has 0 radical (unpaired) electrons. The van der Waals surface area contributed by atoms with Gasteiger partial charge in [-0.2, -0.15) is 15.0 Å². The largest absolute Gasteiger partial charge is 0.464 e. The van der Waals surface area contributed by atoms with Gasteiger partial charge in [0.25, 0.3) is 0 Å². The zero-order valence-electron chi connectivity index (χ0n) is 10.9. The van der Waals surface area contributed by atoms with Gasteiger partial charge in [0.15, 0.2) is 0 Å². The van der Waals surface area contributed by atoms with E-state index in [0.717, 1.165) is 17.2 Å². The first-order valence-electron chi connectivity index (χ1n) is 6.16. The first-order valence-corrected chi connectivity index (χ1v) is 7.85. The predicted octanol–water partition coefficient (Wildman–Crippen LogP) is 3.30. The average molecular weight is 296 g/mol. The molecule has 0 aliphatic carbocycles. The number of aromatic nitrogens is 3. The van der Waals surface area contributed by atoms with Crippen molar-refractivity contribution in [1.82, 2.24) is 15.0 Å². The molecule has 0 saturated carbocycles. The van der Waals surface area contributed by atoms with Crippen LogP contribution >= 0.6 is 23.1 Å². The maximum Gasteiger partial charge on any atom is 0.322 e. The van der Waals surface area contributed by atoms with Crippen molar-refractivity contribution >= 4 is 29.0 Å². The van der Waals surface area contributed by atoms with Crippen LogP contribution in [0.2, 0.25) is 0 Å². The third kappa shape index (κ3) is 4.36. The van der Waals surface area contributed by atoms with E-state index in [0.29, 0.717) is 23.7 Å². The van der Waals surface area contributed by atoms with E-state index in [9.17, 15) is 0 Å². The summed E-state index contributed by atoms with van der Waals surface area (Å²) in [5.74, 6) is 0.569. The molecule has 2 heterocycles. The van der Waals surface area contributed by atoms with Crippen molar-refractivity contribution < 1.29 is 4.74 Å². The van der Waals surface area contributed by atoms with Gasteiger partial charge in [-0.05, 0) is 36.6 Å². The summed E-state index contributed by atoms with van der Waals surface area (Å²) >= 11 is 3.18. The highest BCUT2D eigenvalue weighted by atomic mass is 32.2. The van der Waals surface area contributed by atoms with Crippen LogP contribution in [0.5, 0.6) is 6.01 Å². The molecule has 2 aromatic heterocycles. The molecule has 0 unspecified atom stereocenters. The minimum atomic E-state index is 0.371. The highest BCUT2D eigenvalue weighted by Crippen LogP contribution is 2.29. The second kappa shape index (κ2) is 7.30. The van der Waals surface area contributed by atoms with E-state index in [4.69, 9.17) is 4.74 Å². The third-order valence-electron chi connectivity index (χ3n) is 2.09. The SMILES string of the molecule is CCCNc1nc(OCC)nc(Sc2cccs2)n1. The molecular formula is C12H16N4OS2. The Morgan fingerprint density at radius 1 is 1.32 bits per heavy atom. The van der Waals surface area contributed by atoms with Crippen molar-refractivity contribution in [2.24, 2.45) is 0 Å². The fourth-order valence-corrected chi connectivity index (χ4v) is 2.92. The zero-order chi connectivity index (χ0) is 13.5. The smallest absolute Gasteiger partial charge is 0.322 e. The Labute approximate surface area is 120 Å². The second-order valence-corrected chi connectivity index (χ2v) is 5.83. The lowest BCUT2D eigenvalue weighted by molar-refractivity contribution is 0.308. The molecule has 19 heavy (non-hydrogen) atoms. The average Bonchev–Trinajstić information content (AvgIpc) is 2.89. The van der Waals surface area contributed by atoms with E-state index < -0.39 is 0 Å². The van der Waals surface area contributed by atoms with Crippen LogP contribution in [0.3, 0.4) is 0 Å². The normalized spacial score (nSPS) is 10.4. The number of ether oxygens (including phenoxy) is 1. The predicted molar refractivity (Wildman–Crippen MR) is 78.2 cm³/mol. The van der Waals surface area contributed by atoms with E-state index in [1.165, 1.54) is 11.8 Å². The highest BCUT2D eigenvalue weighted by molar-refractivity contribution is 8.01. The van der Waals surface area contributed by atoms with E-state index in [2.05, 4.69) is 27.2 Å². The van der Waals surface area contributed by atoms with Crippen molar-refractivity contribution in [2.45, 2.75) is 29.6 Å². The minimum absolute atomic E-state index is 0.371. The molecule has 0 aromatic carbocycles. The Balaban J connectivity index is 2.17. The lowest BCUT2D eigenvalue weighted by Gasteiger charge is -2.07. The fourth-order valence-electron chi connectivity index (χ4n) is 1.30. The number of nitrogens with zero attached hydrogens (tertiary/aromatic N) is 3. The van der Waals surface area contributed by atoms with Crippen molar-refractivity contribution in [3.05, 3.63) is 17.5 Å². The maximum absolute atomic E-state index is 5.37. The van der Waals surface area contributed by atoms with Crippen LogP contribution < -0.4 is 10.1 Å². The van der Waals surface area contributed by atoms with Crippen molar-refractivity contribution in [3.8, 4) is 6.01 Å². The molecule has 0 spiro atoms. The van der Waals surface area contributed by atoms with Crippen LogP contribution in [0.4, 0.5) is 5.95 Å². The fraction of sp³-hybridized carbons (Fsp3) is 0.417. The lowest BCUT2D eigenvalue weighted by atomic mass is 10.5. The molecule has 0 aliphatic heterocycles. The molecule has 2 aromatic rings. The Morgan fingerprint density at radius 3 is 2.89 bits per heavy atom. The summed E-state index contributed by atoms with van der Waals surface area (Å²) in [5, 5.41) is 5.84. The van der Waals surface area contributed by atoms with Gasteiger partial charge in [0.05, 0.1) is 10.8 Å². The van der Waals surface area contributed by atoms with Crippen LogP contribution in [0, 0.1) is 0 Å². The van der Waals surface area contributed by atoms with Gasteiger partial charge >= 0.3 is 6.01 Å². The van der Waals surface area contributed by atoms with Gasteiger partial charge in [0.1, 0.15) is 0 Å². The van der Waals surface area contributed by atoms with E-state index in [1.54, 1.807) is 11.3 Å². The molecule has 1 N–H and O–H groups in total. The summed E-state index contributed by atoms with van der Waals surface area (Å²) < 4.78 is 6.52. The minimum Gasteiger partial charge on any atom is -0.464 e. The Hall–Kier alpha value is -1.34. The standard InChI is InChI=1S/C12H16N4OS2/c1-3-7-13-10-14-11(17-4-2)16-12(15-10)19-9-6-5-8-18-9/h5-6,8H,3-4,7H2,1-2H3,(H,13,14,15,16). The van der Waals surface area contributed by atoms with E-state index in [1.807, 2.05) is 24.4 Å². The first-order chi connectivity index (χ1) is 9.31. The lowest BCUT2D eigenvalue weighted by Crippen LogP contribution is -2.08. The molecule has 0 aliphatic rings. The number of nitrogens with one attached hydrogen (secondary N) is 1. The summed E-state index contributed by atoms with van der Waals surface area (Å²) in [6.07, 6.45) is 1.02. The number of hydrogen-bond donors (Lipinski definition) is 1. The monoisotopic (exact) mass is 296 g/mol. The van der Waals surface area contributed by atoms with Gasteiger partial charge in [-0.1, -0.05) is 13.0 Å². The molecule has 102 valence electrons. The van der Waals surface area contributed by atoms with Crippen molar-refractivity contribution in [3.63, 3.8) is 0 Å². The van der Waals surface area contributed by atoms with Crippen LogP contribution in [0.1, 0.15) is 20.3 Å². The molecule has 7 heteroatoms. The van der Waals surface area contributed by atoms with Gasteiger partial charge in [-0.3, -0.25) is 0 Å². The van der Waals surface area contributed by atoms with Crippen LogP contribution in [-0.4, -0.2) is 28.1 Å². The van der Waals surface area contributed by atoms with Gasteiger partial charge in [0, 0.05) is 6.54 Å². The zero-order valence-corrected chi connectivity index (χ0v) is 12.6. The Kier molecular flexibility index (Phi) is 5.41. The molecule has 0 amide bonds. The molecule has 2 rings (SSSR count). The van der Waals surface area contributed by atoms with Gasteiger partial charge < -0.3 is 10.1 Å². The van der Waals surface area contributed by atoms with Gasteiger partial charge in [-0.25, -0.2) is 0 Å². The summed E-state index contributed by atoms with van der Waals surface area (Å²) in [6, 6.07) is 4.42. The molecule has 0 saturated heterocycles. The quantitative estimate of drug-likeness (QED) is 0.846. The Morgan fingerprint density at radius 2 is 2.21 bits per heavy atom. The summed E-state index contributed by atoms with van der Waals surface area (Å²) in [7, 11) is 0. The summed E-state index contributed by atoms with van der Waals surface area (Å²) in [6.45, 7) is 5.38. The van der Waals surface area contributed by atoms with Crippen molar-refractivity contribution in [2.75, 3.05) is 18.5 Å². The maximum atomic E-state index is 5.37. The van der Waals surface area contributed by atoms with Crippen LogP contribution in [0.15, 0.2) is 26.9 Å². The van der Waals surface area contributed by atoms with E-state index >= 15 is 0 Å². The summed E-state index contributed by atoms with van der Waals surface area (Å²) in [4.78, 5) is 12.9. The van der Waals surface area contributed by atoms with Gasteiger partial charge in [0.2, 0.25) is 11.1 Å². The molecule has 0 fully saturated rings. The number of hydrogen-bond acceptors (Lipinski definition) is 7. The topological polar surface area (TPSA) is 59.9 Å². The number of rotatable bonds is 7. The van der Waals surface area contributed by atoms with Gasteiger partial charge in [-0.15, -0.1) is 11.3 Å². The first kappa shape index (κ1) is 14.1. The highest BCUT2D eigenvalue weighted by Gasteiger charge is 2.09. The van der Waals surface area contributed by atoms with Crippen LogP contribution in [-0.2, 0) is 0 Å². The second-order valence-electron chi connectivity index (χ2n) is 3.62. The summed E-state index contributed by atoms with van der Waals surface area (Å²) in [5.41, 5.74) is 0. The van der Waals surface area contributed by atoms with E-state index in [-0.39, 0.29) is 0 Å². The Bertz CT molecular complexity index is 504. The molecule has 0 bridgehead atoms. The molecule has 0 atom stereocenters. The van der Waals surface area contributed by atoms with Crippen LogP contribution in [0.25, 0.3) is 0 Å². The van der Waals surface area contributed by atoms with Crippen molar-refractivity contribution in [1.29, 1.82) is 0 Å². The molecule has 5 nitrogen and oxygen atoms in total. The number of anilines is 1. The molecular weight excluding hydrogens is 280 g/mol.